The molecular formula is C16H22N2S2. The van der Waals surface area contributed by atoms with Crippen molar-refractivity contribution < 1.29 is 0 Å². The highest BCUT2D eigenvalue weighted by molar-refractivity contribution is 7.99. The Bertz CT molecular complexity index is 537. The van der Waals surface area contributed by atoms with E-state index in [2.05, 4.69) is 55.3 Å². The molecule has 0 saturated carbocycles. The summed E-state index contributed by atoms with van der Waals surface area (Å²) in [6.07, 6.45) is 1.11. The molecule has 20 heavy (non-hydrogen) atoms. The molecule has 0 aliphatic heterocycles. The zero-order valence-corrected chi connectivity index (χ0v) is 14.0. The number of benzene rings is 1. The number of nitrogens with one attached hydrogen (secondary N) is 1. The summed E-state index contributed by atoms with van der Waals surface area (Å²) < 4.78 is 0. The fourth-order valence-electron chi connectivity index (χ4n) is 2.13. The molecule has 2 nitrogen and oxygen atoms in total. The van der Waals surface area contributed by atoms with Crippen LogP contribution in [-0.2, 0) is 6.42 Å². The number of thioether (sulfide) groups is 1. The highest BCUT2D eigenvalue weighted by atomic mass is 32.2. The average Bonchev–Trinajstić information content (AvgIpc) is 2.85. The first-order valence-electron chi connectivity index (χ1n) is 7.05. The molecule has 0 aliphatic carbocycles. The molecule has 1 heterocycles. The number of thiazole rings is 1. The minimum Gasteiger partial charge on any atom is -0.310 e. The van der Waals surface area contributed by atoms with Gasteiger partial charge in [0.25, 0.3) is 0 Å². The molecule has 2 aromatic rings. The molecule has 1 unspecified atom stereocenters. The van der Waals surface area contributed by atoms with Crippen LogP contribution in [0.5, 0.6) is 0 Å². The number of aromatic nitrogens is 1. The van der Waals surface area contributed by atoms with Gasteiger partial charge in [0.1, 0.15) is 0 Å². The third kappa shape index (κ3) is 4.33. The van der Waals surface area contributed by atoms with Gasteiger partial charge in [-0.25, -0.2) is 4.98 Å². The van der Waals surface area contributed by atoms with Crippen LogP contribution in [0, 0.1) is 6.92 Å². The van der Waals surface area contributed by atoms with E-state index in [-0.39, 0.29) is 0 Å². The van der Waals surface area contributed by atoms with Crippen LogP contribution in [0.2, 0.25) is 0 Å². The van der Waals surface area contributed by atoms with Crippen molar-refractivity contribution in [1.29, 1.82) is 0 Å². The maximum Gasteiger partial charge on any atom is 0.0797 e. The summed E-state index contributed by atoms with van der Waals surface area (Å²) in [5.74, 6) is 1.11. The average molecular weight is 306 g/mol. The number of hydrogen-bond donors (Lipinski definition) is 1. The molecule has 108 valence electrons. The van der Waals surface area contributed by atoms with Gasteiger partial charge in [-0.05, 0) is 44.5 Å². The highest BCUT2D eigenvalue weighted by Crippen LogP contribution is 2.24. The Balaban J connectivity index is 1.90. The van der Waals surface area contributed by atoms with Crippen molar-refractivity contribution in [2.45, 2.75) is 38.1 Å². The molecule has 1 aromatic heterocycles. The molecule has 1 atom stereocenters. The summed E-state index contributed by atoms with van der Waals surface area (Å²) in [4.78, 5) is 7.07. The Hall–Kier alpha value is -0.840. The molecular weight excluding hydrogens is 284 g/mol. The van der Waals surface area contributed by atoms with Crippen molar-refractivity contribution in [1.82, 2.24) is 10.3 Å². The van der Waals surface area contributed by atoms with Gasteiger partial charge in [-0.2, -0.15) is 0 Å². The lowest BCUT2D eigenvalue weighted by atomic mass is 10.1. The molecule has 0 spiro atoms. The van der Waals surface area contributed by atoms with Crippen molar-refractivity contribution in [3.05, 3.63) is 45.9 Å². The van der Waals surface area contributed by atoms with E-state index in [4.69, 9.17) is 0 Å². The van der Waals surface area contributed by atoms with E-state index in [1.165, 1.54) is 21.0 Å². The Morgan fingerprint density at radius 3 is 2.95 bits per heavy atom. The van der Waals surface area contributed by atoms with Gasteiger partial charge in [0.2, 0.25) is 0 Å². The number of nitrogens with zero attached hydrogens (tertiary/aromatic N) is 1. The van der Waals surface area contributed by atoms with Crippen molar-refractivity contribution in [3.8, 4) is 0 Å². The van der Waals surface area contributed by atoms with Gasteiger partial charge in [-0.1, -0.05) is 19.1 Å². The van der Waals surface area contributed by atoms with E-state index in [1.54, 1.807) is 11.3 Å². The van der Waals surface area contributed by atoms with E-state index >= 15 is 0 Å². The first-order valence-corrected chi connectivity index (χ1v) is 8.92. The van der Waals surface area contributed by atoms with Crippen LogP contribution in [0.25, 0.3) is 0 Å². The lowest BCUT2D eigenvalue weighted by Crippen LogP contribution is -2.17. The summed E-state index contributed by atoms with van der Waals surface area (Å²) in [7, 11) is 0. The zero-order valence-electron chi connectivity index (χ0n) is 12.3. The predicted octanol–water partition coefficient (Wildman–Crippen LogP) is 4.46. The minimum atomic E-state index is 0.421. The van der Waals surface area contributed by atoms with E-state index in [1.807, 2.05) is 17.3 Å². The van der Waals surface area contributed by atoms with Crippen LogP contribution >= 0.6 is 23.1 Å². The van der Waals surface area contributed by atoms with E-state index in [0.29, 0.717) is 6.04 Å². The molecule has 4 heteroatoms. The topological polar surface area (TPSA) is 24.9 Å². The summed E-state index contributed by atoms with van der Waals surface area (Å²) in [6.45, 7) is 7.46. The number of aryl methyl sites for hydroxylation is 2. The van der Waals surface area contributed by atoms with Gasteiger partial charge < -0.3 is 5.32 Å². The SMILES string of the molecule is CCNC(C)c1cccc(SCCc2scnc2C)c1. The third-order valence-electron chi connectivity index (χ3n) is 3.31. The van der Waals surface area contributed by atoms with Gasteiger partial charge in [-0.15, -0.1) is 23.1 Å². The second-order valence-electron chi connectivity index (χ2n) is 4.81. The monoisotopic (exact) mass is 306 g/mol. The summed E-state index contributed by atoms with van der Waals surface area (Å²) in [5, 5.41) is 3.46. The maximum atomic E-state index is 4.30. The third-order valence-corrected chi connectivity index (χ3v) is 5.30. The van der Waals surface area contributed by atoms with Crippen LogP contribution in [0.1, 0.15) is 36.0 Å². The van der Waals surface area contributed by atoms with Crippen molar-refractivity contribution in [3.63, 3.8) is 0 Å². The van der Waals surface area contributed by atoms with Gasteiger partial charge in [-0.3, -0.25) is 0 Å². The maximum absolute atomic E-state index is 4.30. The standard InChI is InChI=1S/C16H22N2S2/c1-4-17-12(2)14-6-5-7-15(10-14)19-9-8-16-13(3)18-11-20-16/h5-7,10-12,17H,4,8-9H2,1-3H3. The second-order valence-corrected chi connectivity index (χ2v) is 6.92. The van der Waals surface area contributed by atoms with Crippen molar-refractivity contribution in [2.75, 3.05) is 12.3 Å². The van der Waals surface area contributed by atoms with Crippen LogP contribution in [-0.4, -0.2) is 17.3 Å². The fourth-order valence-corrected chi connectivity index (χ4v) is 3.97. The minimum absolute atomic E-state index is 0.421. The lowest BCUT2D eigenvalue weighted by Gasteiger charge is -2.13. The largest absolute Gasteiger partial charge is 0.310 e. The van der Waals surface area contributed by atoms with E-state index < -0.39 is 0 Å². The van der Waals surface area contributed by atoms with Crippen LogP contribution in [0.3, 0.4) is 0 Å². The molecule has 1 aromatic carbocycles. The molecule has 0 bridgehead atoms. The second kappa shape index (κ2) is 7.81. The summed E-state index contributed by atoms with van der Waals surface area (Å²) in [6, 6.07) is 9.28. The van der Waals surface area contributed by atoms with Crippen molar-refractivity contribution >= 4 is 23.1 Å². The van der Waals surface area contributed by atoms with Gasteiger partial charge in [0, 0.05) is 21.6 Å². The zero-order chi connectivity index (χ0) is 14.4. The first-order chi connectivity index (χ1) is 9.70. The van der Waals surface area contributed by atoms with Gasteiger partial charge in [0.15, 0.2) is 0 Å². The Kier molecular flexibility index (Phi) is 6.07. The molecule has 0 radical (unpaired) electrons. The molecule has 0 fully saturated rings. The van der Waals surface area contributed by atoms with Crippen molar-refractivity contribution in [2.24, 2.45) is 0 Å². The quantitative estimate of drug-likeness (QED) is 0.765. The molecule has 2 rings (SSSR count). The molecule has 0 amide bonds. The van der Waals surface area contributed by atoms with Crippen LogP contribution < -0.4 is 5.32 Å². The Morgan fingerprint density at radius 2 is 2.25 bits per heavy atom. The Labute approximate surface area is 130 Å². The molecule has 0 aliphatic rings. The van der Waals surface area contributed by atoms with E-state index in [0.717, 1.165) is 18.7 Å². The van der Waals surface area contributed by atoms with E-state index in [9.17, 15) is 0 Å². The summed E-state index contributed by atoms with van der Waals surface area (Å²) >= 11 is 3.69. The molecule has 1 N–H and O–H groups in total. The number of rotatable bonds is 7. The lowest BCUT2D eigenvalue weighted by molar-refractivity contribution is 0.597. The smallest absolute Gasteiger partial charge is 0.0797 e. The van der Waals surface area contributed by atoms with Crippen LogP contribution in [0.15, 0.2) is 34.7 Å². The highest BCUT2D eigenvalue weighted by Gasteiger charge is 2.05. The normalized spacial score (nSPS) is 12.6. The number of hydrogen-bond acceptors (Lipinski definition) is 4. The predicted molar refractivity (Wildman–Crippen MR) is 89.8 cm³/mol. The first kappa shape index (κ1) is 15.5. The Morgan fingerprint density at radius 1 is 1.40 bits per heavy atom. The fraction of sp³-hybridized carbons (Fsp3) is 0.438. The summed E-state index contributed by atoms with van der Waals surface area (Å²) in [5.41, 5.74) is 4.49. The van der Waals surface area contributed by atoms with Crippen LogP contribution in [0.4, 0.5) is 0 Å². The van der Waals surface area contributed by atoms with Gasteiger partial charge in [0.05, 0.1) is 11.2 Å². The molecule has 0 saturated heterocycles. The van der Waals surface area contributed by atoms with Gasteiger partial charge >= 0.3 is 0 Å².